The number of nitrogens with zero attached hydrogens (tertiary/aromatic N) is 2. The Hall–Kier alpha value is -1.59. The van der Waals surface area contributed by atoms with Gasteiger partial charge in [0.15, 0.2) is 0 Å². The van der Waals surface area contributed by atoms with Crippen LogP contribution in [-0.2, 0) is 13.0 Å². The van der Waals surface area contributed by atoms with E-state index in [9.17, 15) is 4.79 Å². The van der Waals surface area contributed by atoms with E-state index in [-0.39, 0.29) is 6.09 Å². The number of carbonyl (C=O) groups is 1. The molecule has 4 rings (SSSR count). The van der Waals surface area contributed by atoms with Crippen molar-refractivity contribution in [1.29, 1.82) is 0 Å². The number of hydrazine groups is 1. The highest BCUT2D eigenvalue weighted by molar-refractivity contribution is 5.69. The van der Waals surface area contributed by atoms with Crippen LogP contribution >= 0.6 is 0 Å². The monoisotopic (exact) mass is 329 g/mol. The zero-order valence-corrected chi connectivity index (χ0v) is 14.3. The molecule has 0 spiro atoms. The fourth-order valence-electron chi connectivity index (χ4n) is 3.74. The molecule has 0 bridgehead atoms. The standard InChI is InChI=1S/C19H27N3O2/c23-19(20-22-9-2-1-3-10-22)24-18-7-6-16-8-11-21(13-15-4-5-15)14-17(16)12-18/h6-7,12,15H,1-5,8-11,13-14H2,(H,20,23). The van der Waals surface area contributed by atoms with Crippen molar-refractivity contribution in [2.45, 2.75) is 45.1 Å². The summed E-state index contributed by atoms with van der Waals surface area (Å²) in [5.41, 5.74) is 5.56. The summed E-state index contributed by atoms with van der Waals surface area (Å²) in [7, 11) is 0. The lowest BCUT2D eigenvalue weighted by atomic mass is 9.99. The van der Waals surface area contributed by atoms with Crippen molar-refractivity contribution in [3.63, 3.8) is 0 Å². The molecule has 2 aliphatic heterocycles. The van der Waals surface area contributed by atoms with E-state index in [4.69, 9.17) is 4.74 Å². The Balaban J connectivity index is 1.34. The lowest BCUT2D eigenvalue weighted by Gasteiger charge is -2.29. The second-order valence-corrected chi connectivity index (χ2v) is 7.41. The van der Waals surface area contributed by atoms with Gasteiger partial charge in [0.2, 0.25) is 0 Å². The van der Waals surface area contributed by atoms with Crippen LogP contribution in [0.3, 0.4) is 0 Å². The van der Waals surface area contributed by atoms with Gasteiger partial charge in [-0.25, -0.2) is 9.80 Å². The molecule has 130 valence electrons. The zero-order valence-electron chi connectivity index (χ0n) is 14.3. The number of hydrogen-bond acceptors (Lipinski definition) is 4. The maximum atomic E-state index is 12.1. The minimum Gasteiger partial charge on any atom is -0.409 e. The van der Waals surface area contributed by atoms with Gasteiger partial charge < -0.3 is 4.74 Å². The molecule has 24 heavy (non-hydrogen) atoms. The van der Waals surface area contributed by atoms with E-state index in [0.29, 0.717) is 5.75 Å². The summed E-state index contributed by atoms with van der Waals surface area (Å²) in [4.78, 5) is 14.6. The minimum atomic E-state index is -0.373. The van der Waals surface area contributed by atoms with E-state index in [1.807, 2.05) is 17.1 Å². The molecule has 1 aliphatic carbocycles. The largest absolute Gasteiger partial charge is 0.427 e. The van der Waals surface area contributed by atoms with Crippen LogP contribution in [0.5, 0.6) is 5.75 Å². The first kappa shape index (κ1) is 15.9. The molecule has 1 saturated carbocycles. The summed E-state index contributed by atoms with van der Waals surface area (Å²) >= 11 is 0. The van der Waals surface area contributed by atoms with Crippen molar-refractivity contribution in [3.05, 3.63) is 29.3 Å². The van der Waals surface area contributed by atoms with Gasteiger partial charge in [0.25, 0.3) is 0 Å². The van der Waals surface area contributed by atoms with E-state index in [2.05, 4.69) is 16.4 Å². The van der Waals surface area contributed by atoms with E-state index < -0.39 is 0 Å². The predicted molar refractivity (Wildman–Crippen MR) is 92.7 cm³/mol. The Kier molecular flexibility index (Phi) is 4.72. The van der Waals surface area contributed by atoms with Crippen molar-refractivity contribution in [2.24, 2.45) is 5.92 Å². The molecule has 1 aromatic carbocycles. The Morgan fingerprint density at radius 2 is 1.96 bits per heavy atom. The van der Waals surface area contributed by atoms with E-state index >= 15 is 0 Å². The molecule has 0 radical (unpaired) electrons. The Morgan fingerprint density at radius 1 is 1.12 bits per heavy atom. The number of ether oxygens (including phenoxy) is 1. The molecule has 1 saturated heterocycles. The smallest absolute Gasteiger partial charge is 0.409 e. The molecule has 1 amide bonds. The fraction of sp³-hybridized carbons (Fsp3) is 0.632. The molecule has 0 unspecified atom stereocenters. The van der Waals surface area contributed by atoms with Gasteiger partial charge in [0.1, 0.15) is 5.75 Å². The van der Waals surface area contributed by atoms with Gasteiger partial charge in [-0.1, -0.05) is 12.5 Å². The Bertz CT molecular complexity index is 594. The number of hydrogen-bond donors (Lipinski definition) is 1. The fourth-order valence-corrected chi connectivity index (χ4v) is 3.74. The lowest BCUT2D eigenvalue weighted by molar-refractivity contribution is 0.129. The van der Waals surface area contributed by atoms with Gasteiger partial charge in [-0.2, -0.15) is 0 Å². The van der Waals surface area contributed by atoms with E-state index in [1.165, 1.54) is 36.9 Å². The number of fused-ring (bicyclic) bond motifs is 1. The second kappa shape index (κ2) is 7.11. The summed E-state index contributed by atoms with van der Waals surface area (Å²) in [5, 5.41) is 1.96. The van der Waals surface area contributed by atoms with Crippen molar-refractivity contribution in [2.75, 3.05) is 26.2 Å². The van der Waals surface area contributed by atoms with Crippen molar-refractivity contribution >= 4 is 6.09 Å². The SMILES string of the molecule is O=C(NN1CCCCC1)Oc1ccc2c(c1)CN(CC1CC1)CC2. The molecule has 2 fully saturated rings. The third kappa shape index (κ3) is 4.08. The van der Waals surface area contributed by atoms with Gasteiger partial charge in [0.05, 0.1) is 0 Å². The number of amides is 1. The molecule has 5 nitrogen and oxygen atoms in total. The van der Waals surface area contributed by atoms with Gasteiger partial charge in [-0.05, 0) is 61.3 Å². The van der Waals surface area contributed by atoms with E-state index in [0.717, 1.165) is 51.4 Å². The average molecular weight is 329 g/mol. The van der Waals surface area contributed by atoms with Gasteiger partial charge in [-0.15, -0.1) is 0 Å². The van der Waals surface area contributed by atoms with Gasteiger partial charge >= 0.3 is 6.09 Å². The summed E-state index contributed by atoms with van der Waals surface area (Å²) < 4.78 is 5.50. The highest BCUT2D eigenvalue weighted by Gasteiger charge is 2.26. The predicted octanol–water partition coefficient (Wildman–Crippen LogP) is 2.94. The van der Waals surface area contributed by atoms with Crippen LogP contribution in [0.4, 0.5) is 4.79 Å². The maximum Gasteiger partial charge on any atom is 0.427 e. The first-order chi connectivity index (χ1) is 11.8. The van der Waals surface area contributed by atoms with Crippen LogP contribution < -0.4 is 10.2 Å². The molecular formula is C19H27N3O2. The lowest BCUT2D eigenvalue weighted by Crippen LogP contribution is -2.46. The summed E-state index contributed by atoms with van der Waals surface area (Å²) in [6.45, 7) is 5.18. The van der Waals surface area contributed by atoms with Crippen LogP contribution in [-0.4, -0.2) is 42.2 Å². The molecular weight excluding hydrogens is 302 g/mol. The highest BCUT2D eigenvalue weighted by atomic mass is 16.6. The second-order valence-electron chi connectivity index (χ2n) is 7.41. The number of benzene rings is 1. The molecule has 1 aromatic rings. The van der Waals surface area contributed by atoms with Crippen LogP contribution in [0, 0.1) is 5.92 Å². The van der Waals surface area contributed by atoms with Crippen LogP contribution in [0.25, 0.3) is 0 Å². The topological polar surface area (TPSA) is 44.8 Å². The van der Waals surface area contributed by atoms with Crippen LogP contribution in [0.1, 0.15) is 43.2 Å². The van der Waals surface area contributed by atoms with Crippen LogP contribution in [0.15, 0.2) is 18.2 Å². The molecule has 0 aromatic heterocycles. The minimum absolute atomic E-state index is 0.373. The first-order valence-electron chi connectivity index (χ1n) is 9.34. The molecule has 2 heterocycles. The third-order valence-corrected chi connectivity index (χ3v) is 5.30. The molecule has 5 heteroatoms. The van der Waals surface area contributed by atoms with Gasteiger partial charge in [0, 0.05) is 32.7 Å². The summed E-state index contributed by atoms with van der Waals surface area (Å²) in [6.07, 6.45) is 7.03. The summed E-state index contributed by atoms with van der Waals surface area (Å²) in [5.74, 6) is 1.57. The van der Waals surface area contributed by atoms with E-state index in [1.54, 1.807) is 0 Å². The number of piperidine rings is 1. The normalized spacial score (nSPS) is 22.0. The Labute approximate surface area is 143 Å². The maximum absolute atomic E-state index is 12.1. The van der Waals surface area contributed by atoms with Gasteiger partial charge in [-0.3, -0.25) is 10.3 Å². The summed E-state index contributed by atoms with van der Waals surface area (Å²) in [6, 6.07) is 6.09. The number of carbonyl (C=O) groups excluding carboxylic acids is 1. The van der Waals surface area contributed by atoms with Crippen LogP contribution in [0.2, 0.25) is 0 Å². The zero-order chi connectivity index (χ0) is 16.4. The third-order valence-electron chi connectivity index (χ3n) is 5.30. The quantitative estimate of drug-likeness (QED) is 0.922. The average Bonchev–Trinajstić information content (AvgIpc) is 3.39. The van der Waals surface area contributed by atoms with Crippen molar-refractivity contribution < 1.29 is 9.53 Å². The number of nitrogens with one attached hydrogen (secondary N) is 1. The molecule has 0 atom stereocenters. The molecule has 1 N–H and O–H groups in total. The van der Waals surface area contributed by atoms with Crippen molar-refractivity contribution in [1.82, 2.24) is 15.3 Å². The molecule has 3 aliphatic rings. The highest BCUT2D eigenvalue weighted by Crippen LogP contribution is 2.32. The van der Waals surface area contributed by atoms with Crippen molar-refractivity contribution in [3.8, 4) is 5.75 Å². The number of rotatable bonds is 4. The first-order valence-corrected chi connectivity index (χ1v) is 9.34. The Morgan fingerprint density at radius 3 is 2.75 bits per heavy atom.